The first-order valence-corrected chi connectivity index (χ1v) is 10.5. The minimum atomic E-state index is -0.200. The van der Waals surface area contributed by atoms with Gasteiger partial charge in [-0.1, -0.05) is 19.1 Å². The first kappa shape index (κ1) is 19.0. The SMILES string of the molecule is CC1CCC(N(C(=O)CCC(=O)N2CC(=O)Nc3ccccc32)C2CC2)CC1. The molecule has 0 atom stereocenters. The Morgan fingerprint density at radius 3 is 2.36 bits per heavy atom. The predicted molar refractivity (Wildman–Crippen MR) is 108 cm³/mol. The van der Waals surface area contributed by atoms with E-state index in [4.69, 9.17) is 0 Å². The summed E-state index contributed by atoms with van der Waals surface area (Å²) in [7, 11) is 0. The fourth-order valence-corrected chi connectivity index (χ4v) is 4.51. The predicted octanol–water partition coefficient (Wildman–Crippen LogP) is 3.32. The molecule has 1 aromatic carbocycles. The number of benzene rings is 1. The lowest BCUT2D eigenvalue weighted by Crippen LogP contribution is -2.45. The Labute approximate surface area is 166 Å². The number of para-hydroxylation sites is 2. The molecule has 2 saturated carbocycles. The van der Waals surface area contributed by atoms with Crippen molar-refractivity contribution < 1.29 is 14.4 Å². The fourth-order valence-electron chi connectivity index (χ4n) is 4.51. The molecule has 6 nitrogen and oxygen atoms in total. The molecule has 0 unspecified atom stereocenters. The smallest absolute Gasteiger partial charge is 0.244 e. The van der Waals surface area contributed by atoms with E-state index in [1.807, 2.05) is 18.2 Å². The van der Waals surface area contributed by atoms with Gasteiger partial charge in [0, 0.05) is 24.9 Å². The molecule has 150 valence electrons. The third-order valence-electron chi connectivity index (χ3n) is 6.23. The van der Waals surface area contributed by atoms with Crippen LogP contribution in [-0.2, 0) is 14.4 Å². The molecule has 28 heavy (non-hydrogen) atoms. The van der Waals surface area contributed by atoms with E-state index in [2.05, 4.69) is 17.1 Å². The van der Waals surface area contributed by atoms with Crippen molar-refractivity contribution in [2.24, 2.45) is 5.92 Å². The van der Waals surface area contributed by atoms with Crippen LogP contribution in [-0.4, -0.2) is 41.2 Å². The Morgan fingerprint density at radius 1 is 1.04 bits per heavy atom. The van der Waals surface area contributed by atoms with Gasteiger partial charge in [-0.3, -0.25) is 14.4 Å². The maximum absolute atomic E-state index is 13.0. The molecule has 0 radical (unpaired) electrons. The van der Waals surface area contributed by atoms with Crippen molar-refractivity contribution in [1.29, 1.82) is 0 Å². The normalized spacial score (nSPS) is 24.3. The monoisotopic (exact) mass is 383 g/mol. The summed E-state index contributed by atoms with van der Waals surface area (Å²) in [5.41, 5.74) is 1.36. The standard InChI is InChI=1S/C22H29N3O3/c1-15-6-8-16(9-7-15)25(17-10-11-17)22(28)13-12-21(27)24-14-20(26)23-18-4-2-3-5-19(18)24/h2-5,15-17H,6-14H2,1H3,(H,23,26). The van der Waals surface area contributed by atoms with Crippen molar-refractivity contribution in [3.63, 3.8) is 0 Å². The van der Waals surface area contributed by atoms with Crippen molar-refractivity contribution in [3.05, 3.63) is 24.3 Å². The van der Waals surface area contributed by atoms with Crippen LogP contribution in [0.4, 0.5) is 11.4 Å². The number of rotatable bonds is 5. The molecule has 0 aromatic heterocycles. The van der Waals surface area contributed by atoms with Crippen LogP contribution in [0.2, 0.25) is 0 Å². The maximum atomic E-state index is 13.0. The third kappa shape index (κ3) is 4.05. The maximum Gasteiger partial charge on any atom is 0.244 e. The van der Waals surface area contributed by atoms with E-state index in [1.54, 1.807) is 6.07 Å². The van der Waals surface area contributed by atoms with Gasteiger partial charge in [0.05, 0.1) is 11.4 Å². The van der Waals surface area contributed by atoms with Gasteiger partial charge in [-0.25, -0.2) is 0 Å². The summed E-state index contributed by atoms with van der Waals surface area (Å²) in [4.78, 5) is 41.3. The lowest BCUT2D eigenvalue weighted by atomic mass is 9.86. The van der Waals surface area contributed by atoms with E-state index in [0.29, 0.717) is 23.5 Å². The Morgan fingerprint density at radius 2 is 1.68 bits per heavy atom. The van der Waals surface area contributed by atoms with Crippen molar-refractivity contribution in [1.82, 2.24) is 4.90 Å². The second-order valence-electron chi connectivity index (χ2n) is 8.49. The number of nitrogens with zero attached hydrogens (tertiary/aromatic N) is 2. The number of carbonyl (C=O) groups excluding carboxylic acids is 3. The summed E-state index contributed by atoms with van der Waals surface area (Å²) in [6.45, 7) is 2.29. The van der Waals surface area contributed by atoms with Crippen LogP contribution >= 0.6 is 0 Å². The van der Waals surface area contributed by atoms with E-state index >= 15 is 0 Å². The second-order valence-corrected chi connectivity index (χ2v) is 8.49. The summed E-state index contributed by atoms with van der Waals surface area (Å²) in [5, 5.41) is 2.79. The van der Waals surface area contributed by atoms with Gasteiger partial charge in [0.25, 0.3) is 0 Å². The molecule has 1 aromatic rings. The Balaban J connectivity index is 1.39. The van der Waals surface area contributed by atoms with Crippen LogP contribution in [0.3, 0.4) is 0 Å². The Hall–Kier alpha value is -2.37. The van der Waals surface area contributed by atoms with Crippen molar-refractivity contribution in [2.45, 2.75) is 70.4 Å². The number of hydrogen-bond acceptors (Lipinski definition) is 3. The van der Waals surface area contributed by atoms with Crippen LogP contribution in [0.1, 0.15) is 58.3 Å². The summed E-state index contributed by atoms with van der Waals surface area (Å²) < 4.78 is 0. The van der Waals surface area contributed by atoms with Gasteiger partial charge in [0.1, 0.15) is 6.54 Å². The number of anilines is 2. The van der Waals surface area contributed by atoms with Crippen LogP contribution in [0.25, 0.3) is 0 Å². The molecule has 3 amide bonds. The Kier molecular flexibility index (Phi) is 5.38. The highest BCUT2D eigenvalue weighted by Gasteiger charge is 2.38. The highest BCUT2D eigenvalue weighted by molar-refractivity contribution is 6.10. The summed E-state index contributed by atoms with van der Waals surface area (Å²) in [5.74, 6) is 0.488. The van der Waals surface area contributed by atoms with Crippen LogP contribution in [0.5, 0.6) is 0 Å². The lowest BCUT2D eigenvalue weighted by Gasteiger charge is -2.36. The van der Waals surface area contributed by atoms with E-state index < -0.39 is 0 Å². The van der Waals surface area contributed by atoms with E-state index in [1.165, 1.54) is 17.7 Å². The fraction of sp³-hybridized carbons (Fsp3) is 0.591. The quantitative estimate of drug-likeness (QED) is 0.848. The van der Waals surface area contributed by atoms with Gasteiger partial charge in [-0.2, -0.15) is 0 Å². The first-order chi connectivity index (χ1) is 13.5. The number of hydrogen-bond donors (Lipinski definition) is 1. The molecule has 2 fully saturated rings. The molecule has 0 bridgehead atoms. The zero-order valence-corrected chi connectivity index (χ0v) is 16.5. The van der Waals surface area contributed by atoms with Gasteiger partial charge in [-0.05, 0) is 56.6 Å². The lowest BCUT2D eigenvalue weighted by molar-refractivity contribution is -0.136. The molecule has 4 rings (SSSR count). The molecule has 1 heterocycles. The first-order valence-electron chi connectivity index (χ1n) is 10.5. The van der Waals surface area contributed by atoms with Crippen molar-refractivity contribution in [2.75, 3.05) is 16.8 Å². The van der Waals surface area contributed by atoms with E-state index in [0.717, 1.165) is 31.6 Å². The average Bonchev–Trinajstić information content (AvgIpc) is 3.52. The highest BCUT2D eigenvalue weighted by atomic mass is 16.2. The highest BCUT2D eigenvalue weighted by Crippen LogP contribution is 2.36. The molecule has 0 spiro atoms. The van der Waals surface area contributed by atoms with Gasteiger partial charge < -0.3 is 15.1 Å². The molecular formula is C22H29N3O3. The van der Waals surface area contributed by atoms with Gasteiger partial charge in [0.2, 0.25) is 17.7 Å². The summed E-state index contributed by atoms with van der Waals surface area (Å²) >= 11 is 0. The largest absolute Gasteiger partial charge is 0.337 e. The molecule has 1 aliphatic heterocycles. The number of carbonyl (C=O) groups is 3. The molecule has 3 aliphatic rings. The second kappa shape index (κ2) is 7.94. The third-order valence-corrected chi connectivity index (χ3v) is 6.23. The molecule has 0 saturated heterocycles. The van der Waals surface area contributed by atoms with E-state index in [-0.39, 0.29) is 37.1 Å². The van der Waals surface area contributed by atoms with Crippen LogP contribution in [0, 0.1) is 5.92 Å². The van der Waals surface area contributed by atoms with Gasteiger partial charge in [0.15, 0.2) is 0 Å². The average molecular weight is 383 g/mol. The molecule has 6 heteroatoms. The molecule has 1 N–H and O–H groups in total. The molecular weight excluding hydrogens is 354 g/mol. The summed E-state index contributed by atoms with van der Waals surface area (Å²) in [6.07, 6.45) is 7.07. The Bertz CT molecular complexity index is 766. The van der Waals surface area contributed by atoms with Gasteiger partial charge >= 0.3 is 0 Å². The van der Waals surface area contributed by atoms with Crippen LogP contribution < -0.4 is 10.2 Å². The number of amides is 3. The van der Waals surface area contributed by atoms with Crippen molar-refractivity contribution in [3.8, 4) is 0 Å². The van der Waals surface area contributed by atoms with Crippen molar-refractivity contribution >= 4 is 29.1 Å². The topological polar surface area (TPSA) is 69.7 Å². The zero-order chi connectivity index (χ0) is 19.7. The number of nitrogens with one attached hydrogen (secondary N) is 1. The minimum absolute atomic E-state index is 0.0108. The molecule has 2 aliphatic carbocycles. The zero-order valence-electron chi connectivity index (χ0n) is 16.5. The minimum Gasteiger partial charge on any atom is -0.337 e. The summed E-state index contributed by atoms with van der Waals surface area (Å²) in [6, 6.07) is 8.01. The van der Waals surface area contributed by atoms with E-state index in [9.17, 15) is 14.4 Å². The van der Waals surface area contributed by atoms with Gasteiger partial charge in [-0.15, -0.1) is 0 Å². The van der Waals surface area contributed by atoms with Crippen LogP contribution in [0.15, 0.2) is 24.3 Å². The number of fused-ring (bicyclic) bond motifs is 1.